The minimum Gasteiger partial charge on any atom is -0.480 e. The lowest BCUT2D eigenvalue weighted by Gasteiger charge is -2.25. The third kappa shape index (κ3) is 4.80. The molecule has 0 bridgehead atoms. The zero-order valence-electron chi connectivity index (χ0n) is 12.1. The lowest BCUT2D eigenvalue weighted by Crippen LogP contribution is -2.55. The number of rotatable bonds is 6. The second kappa shape index (κ2) is 7.29. The van der Waals surface area contributed by atoms with Crippen LogP contribution in [0, 0.1) is 11.3 Å². The molecule has 112 valence electrons. The molecular weight excluding hydrogens is 270 g/mol. The number of carboxylic acids is 1. The van der Waals surface area contributed by atoms with Gasteiger partial charge < -0.3 is 15.7 Å². The third-order valence-corrected chi connectivity index (χ3v) is 3.15. The Balaban J connectivity index is 2.56. The molecule has 6 nitrogen and oxygen atoms in total. The van der Waals surface area contributed by atoms with Gasteiger partial charge in [0.1, 0.15) is 5.54 Å². The Morgan fingerprint density at radius 1 is 1.33 bits per heavy atom. The van der Waals surface area contributed by atoms with Crippen molar-refractivity contribution in [2.24, 2.45) is 0 Å². The largest absolute Gasteiger partial charge is 0.480 e. The number of carboxylic acid groups (broad SMARTS) is 1. The van der Waals surface area contributed by atoms with Gasteiger partial charge in [-0.3, -0.25) is 0 Å². The number of carbonyl (C=O) groups excluding carboxylic acids is 1. The minimum atomic E-state index is -1.27. The summed E-state index contributed by atoms with van der Waals surface area (Å²) < 4.78 is 0. The smallest absolute Gasteiger partial charge is 0.329 e. The maximum absolute atomic E-state index is 11.8. The fourth-order valence-corrected chi connectivity index (χ4v) is 1.90. The van der Waals surface area contributed by atoms with Crippen LogP contribution in [0.25, 0.3) is 0 Å². The molecule has 2 amide bonds. The molecule has 0 radical (unpaired) electrons. The van der Waals surface area contributed by atoms with E-state index in [1.165, 1.54) is 6.92 Å². The highest BCUT2D eigenvalue weighted by Crippen LogP contribution is 2.12. The standard InChI is InChI=1S/C15H19N3O3/c1-3-8-15(2,13(19)20)18-14(21)17-10-12-6-4-11(9-16)5-7-12/h4-7H,3,8,10H2,1-2H3,(H,19,20)(H2,17,18,21). The first-order valence-corrected chi connectivity index (χ1v) is 6.69. The van der Waals surface area contributed by atoms with Gasteiger partial charge in [0, 0.05) is 6.54 Å². The van der Waals surface area contributed by atoms with E-state index < -0.39 is 17.5 Å². The molecule has 1 unspecified atom stereocenters. The molecule has 1 aromatic carbocycles. The predicted octanol–water partition coefficient (Wildman–Crippen LogP) is 2.00. The van der Waals surface area contributed by atoms with E-state index in [-0.39, 0.29) is 6.54 Å². The highest BCUT2D eigenvalue weighted by molar-refractivity contribution is 5.85. The van der Waals surface area contributed by atoms with Crippen LogP contribution in [-0.4, -0.2) is 22.6 Å². The van der Waals surface area contributed by atoms with Crippen molar-refractivity contribution < 1.29 is 14.7 Å². The number of aliphatic carboxylic acids is 1. The first kappa shape index (κ1) is 16.5. The summed E-state index contributed by atoms with van der Waals surface area (Å²) in [6, 6.07) is 8.28. The van der Waals surface area contributed by atoms with Crippen LogP contribution in [0.2, 0.25) is 0 Å². The molecule has 6 heteroatoms. The molecule has 0 fully saturated rings. The van der Waals surface area contributed by atoms with E-state index in [1.807, 2.05) is 13.0 Å². The van der Waals surface area contributed by atoms with Crippen LogP contribution >= 0.6 is 0 Å². The van der Waals surface area contributed by atoms with E-state index in [2.05, 4.69) is 10.6 Å². The van der Waals surface area contributed by atoms with Gasteiger partial charge in [0.15, 0.2) is 0 Å². The van der Waals surface area contributed by atoms with Gasteiger partial charge in [-0.25, -0.2) is 9.59 Å². The fourth-order valence-electron chi connectivity index (χ4n) is 1.90. The molecule has 21 heavy (non-hydrogen) atoms. The summed E-state index contributed by atoms with van der Waals surface area (Å²) in [6.45, 7) is 3.61. The van der Waals surface area contributed by atoms with Crippen molar-refractivity contribution >= 4 is 12.0 Å². The van der Waals surface area contributed by atoms with Gasteiger partial charge >= 0.3 is 12.0 Å². The number of benzene rings is 1. The molecule has 1 atom stereocenters. The Bertz CT molecular complexity index is 548. The zero-order valence-corrected chi connectivity index (χ0v) is 12.1. The van der Waals surface area contributed by atoms with Gasteiger partial charge in [-0.05, 0) is 31.0 Å². The Kier molecular flexibility index (Phi) is 5.73. The molecule has 3 N–H and O–H groups in total. The summed E-state index contributed by atoms with van der Waals surface area (Å²) in [6.07, 6.45) is 1.01. The van der Waals surface area contributed by atoms with Gasteiger partial charge in [-0.15, -0.1) is 0 Å². The SMILES string of the molecule is CCCC(C)(NC(=O)NCc1ccc(C#N)cc1)C(=O)O. The van der Waals surface area contributed by atoms with Crippen molar-refractivity contribution in [3.05, 3.63) is 35.4 Å². The topological polar surface area (TPSA) is 102 Å². The number of hydrogen-bond acceptors (Lipinski definition) is 3. The molecule has 1 aromatic rings. The monoisotopic (exact) mass is 289 g/mol. The van der Waals surface area contributed by atoms with Crippen LogP contribution in [0.3, 0.4) is 0 Å². The van der Waals surface area contributed by atoms with E-state index in [1.54, 1.807) is 24.3 Å². The van der Waals surface area contributed by atoms with Gasteiger partial charge in [0.05, 0.1) is 11.6 Å². The molecule has 1 rings (SSSR count). The molecule has 0 saturated heterocycles. The molecule has 0 aliphatic heterocycles. The summed E-state index contributed by atoms with van der Waals surface area (Å²) in [5.74, 6) is -1.06. The quantitative estimate of drug-likeness (QED) is 0.745. The summed E-state index contributed by atoms with van der Waals surface area (Å²) >= 11 is 0. The van der Waals surface area contributed by atoms with E-state index >= 15 is 0 Å². The zero-order chi connectivity index (χ0) is 15.9. The Morgan fingerprint density at radius 2 is 1.95 bits per heavy atom. The summed E-state index contributed by atoms with van der Waals surface area (Å²) in [5.41, 5.74) is 0.102. The predicted molar refractivity (Wildman–Crippen MR) is 77.5 cm³/mol. The highest BCUT2D eigenvalue weighted by Gasteiger charge is 2.33. The molecule has 0 aromatic heterocycles. The first-order valence-electron chi connectivity index (χ1n) is 6.69. The van der Waals surface area contributed by atoms with Crippen molar-refractivity contribution in [3.8, 4) is 6.07 Å². The number of nitriles is 1. The second-order valence-electron chi connectivity index (χ2n) is 5.00. The number of nitrogens with one attached hydrogen (secondary N) is 2. The second-order valence-corrected chi connectivity index (χ2v) is 5.00. The van der Waals surface area contributed by atoms with E-state index in [4.69, 9.17) is 5.26 Å². The van der Waals surface area contributed by atoms with E-state index in [9.17, 15) is 14.7 Å². The molecular formula is C15H19N3O3. The van der Waals surface area contributed by atoms with Gasteiger partial charge in [0.2, 0.25) is 0 Å². The fraction of sp³-hybridized carbons (Fsp3) is 0.400. The highest BCUT2D eigenvalue weighted by atomic mass is 16.4. The van der Waals surface area contributed by atoms with Gasteiger partial charge in [-0.2, -0.15) is 5.26 Å². The molecule has 0 spiro atoms. The van der Waals surface area contributed by atoms with Gasteiger partial charge in [-0.1, -0.05) is 25.5 Å². The van der Waals surface area contributed by atoms with Crippen LogP contribution in [0.15, 0.2) is 24.3 Å². The van der Waals surface area contributed by atoms with Gasteiger partial charge in [0.25, 0.3) is 0 Å². The average Bonchev–Trinajstić information content (AvgIpc) is 2.45. The summed E-state index contributed by atoms with van der Waals surface area (Å²) in [4.78, 5) is 23.0. The lowest BCUT2D eigenvalue weighted by atomic mass is 9.97. The molecule has 0 heterocycles. The van der Waals surface area contributed by atoms with Crippen LogP contribution in [0.1, 0.15) is 37.8 Å². The maximum Gasteiger partial charge on any atom is 0.329 e. The lowest BCUT2D eigenvalue weighted by molar-refractivity contribution is -0.144. The number of amides is 2. The number of carbonyl (C=O) groups is 2. The minimum absolute atomic E-state index is 0.263. The Morgan fingerprint density at radius 3 is 2.43 bits per heavy atom. The molecule has 0 saturated carbocycles. The van der Waals surface area contributed by atoms with Crippen LogP contribution in [0.4, 0.5) is 4.79 Å². The van der Waals surface area contributed by atoms with Crippen molar-refractivity contribution in [1.29, 1.82) is 5.26 Å². The average molecular weight is 289 g/mol. The summed E-state index contributed by atoms with van der Waals surface area (Å²) in [7, 11) is 0. The van der Waals surface area contributed by atoms with Crippen LogP contribution in [-0.2, 0) is 11.3 Å². The Labute approximate surface area is 123 Å². The Hall–Kier alpha value is -2.55. The van der Waals surface area contributed by atoms with E-state index in [0.29, 0.717) is 18.4 Å². The van der Waals surface area contributed by atoms with E-state index in [0.717, 1.165) is 5.56 Å². The normalized spacial score (nSPS) is 12.8. The van der Waals surface area contributed by atoms with Crippen molar-refractivity contribution in [1.82, 2.24) is 10.6 Å². The van der Waals surface area contributed by atoms with Crippen molar-refractivity contribution in [2.75, 3.05) is 0 Å². The number of urea groups is 1. The maximum atomic E-state index is 11.8. The third-order valence-electron chi connectivity index (χ3n) is 3.15. The van der Waals surface area contributed by atoms with Crippen molar-refractivity contribution in [2.45, 2.75) is 38.8 Å². The summed E-state index contributed by atoms with van der Waals surface area (Å²) in [5, 5.41) is 23.0. The first-order chi connectivity index (χ1) is 9.91. The van der Waals surface area contributed by atoms with Crippen LogP contribution in [0.5, 0.6) is 0 Å². The molecule has 0 aliphatic rings. The van der Waals surface area contributed by atoms with Crippen molar-refractivity contribution in [3.63, 3.8) is 0 Å². The van der Waals surface area contributed by atoms with Crippen LogP contribution < -0.4 is 10.6 Å². The number of nitrogens with zero attached hydrogens (tertiary/aromatic N) is 1. The number of hydrogen-bond donors (Lipinski definition) is 3. The molecule has 0 aliphatic carbocycles.